The average Bonchev–Trinajstić information content (AvgIpc) is 3.14. The molecule has 2 fully saturated rings. The molecule has 1 saturated heterocycles. The quantitative estimate of drug-likeness (QED) is 0.617. The van der Waals surface area contributed by atoms with E-state index in [1.54, 1.807) is 30.3 Å². The Morgan fingerprint density at radius 1 is 1.24 bits per heavy atom. The van der Waals surface area contributed by atoms with Crippen molar-refractivity contribution in [3.05, 3.63) is 59.3 Å². The Balaban J connectivity index is 1.41. The molecule has 2 atom stereocenters. The number of aryl methyl sites for hydroxylation is 1. The van der Waals surface area contributed by atoms with E-state index in [-0.39, 0.29) is 18.9 Å². The van der Waals surface area contributed by atoms with Gasteiger partial charge in [-0.25, -0.2) is 13.8 Å². The molecule has 1 amide bonds. The van der Waals surface area contributed by atoms with Crippen LogP contribution in [0.4, 0.5) is 14.6 Å². The third kappa shape index (κ3) is 5.33. The molecule has 4 rings (SSSR count). The zero-order chi connectivity index (χ0) is 23.6. The van der Waals surface area contributed by atoms with Crippen molar-refractivity contribution in [1.29, 1.82) is 0 Å². The number of likely N-dealkylation sites (tertiary alicyclic amines) is 1. The fourth-order valence-corrected chi connectivity index (χ4v) is 5.16. The lowest BCUT2D eigenvalue weighted by Gasteiger charge is -2.37. The number of hydrogen-bond donors (Lipinski definition) is 3. The number of rotatable bonds is 6. The predicted octanol–water partition coefficient (Wildman–Crippen LogP) is 3.38. The van der Waals surface area contributed by atoms with E-state index in [0.29, 0.717) is 30.8 Å². The van der Waals surface area contributed by atoms with Crippen LogP contribution in [0.2, 0.25) is 0 Å². The van der Waals surface area contributed by atoms with E-state index < -0.39 is 29.8 Å². The standard InChI is InChI=1S/C25H32F2N4O2/c1-17-13-21(29-22(28)14-17)16-31-11-8-20(9-12-31)30-23(32)25(33,18-5-3-2-4-6-18)19-7-10-24(26,27)15-19/h2-6,13-14,19-20,33H,7-12,15-16H2,1H3,(H2,28,29)(H,30,32)/t19-,25+/m1/s1. The summed E-state index contributed by atoms with van der Waals surface area (Å²) in [5, 5.41) is 14.5. The summed E-state index contributed by atoms with van der Waals surface area (Å²) < 4.78 is 27.9. The van der Waals surface area contributed by atoms with Crippen molar-refractivity contribution in [2.75, 3.05) is 18.8 Å². The molecule has 8 heteroatoms. The smallest absolute Gasteiger partial charge is 0.257 e. The molecule has 1 aromatic heterocycles. The van der Waals surface area contributed by atoms with Crippen LogP contribution in [0.1, 0.15) is 48.9 Å². The molecule has 1 aliphatic carbocycles. The molecule has 1 aliphatic heterocycles. The molecule has 178 valence electrons. The van der Waals surface area contributed by atoms with Gasteiger partial charge >= 0.3 is 0 Å². The van der Waals surface area contributed by atoms with Gasteiger partial charge in [0.05, 0.1) is 5.69 Å². The van der Waals surface area contributed by atoms with Crippen LogP contribution in [0.3, 0.4) is 0 Å². The fourth-order valence-electron chi connectivity index (χ4n) is 5.16. The predicted molar refractivity (Wildman–Crippen MR) is 122 cm³/mol. The third-order valence-corrected chi connectivity index (χ3v) is 6.91. The van der Waals surface area contributed by atoms with Gasteiger partial charge in [0.25, 0.3) is 5.91 Å². The summed E-state index contributed by atoms with van der Waals surface area (Å²) in [6.45, 7) is 4.17. The number of nitrogens with zero attached hydrogens (tertiary/aromatic N) is 2. The van der Waals surface area contributed by atoms with Gasteiger partial charge in [-0.05, 0) is 49.4 Å². The van der Waals surface area contributed by atoms with Gasteiger partial charge in [-0.1, -0.05) is 30.3 Å². The molecule has 1 saturated carbocycles. The monoisotopic (exact) mass is 458 g/mol. The maximum Gasteiger partial charge on any atom is 0.257 e. The third-order valence-electron chi connectivity index (χ3n) is 6.91. The van der Waals surface area contributed by atoms with Crippen molar-refractivity contribution in [3.63, 3.8) is 0 Å². The number of alkyl halides is 2. The van der Waals surface area contributed by atoms with Gasteiger partial charge in [-0.3, -0.25) is 9.69 Å². The minimum Gasteiger partial charge on any atom is -0.384 e. The van der Waals surface area contributed by atoms with Crippen LogP contribution in [0.15, 0.2) is 42.5 Å². The topological polar surface area (TPSA) is 91.5 Å². The lowest BCUT2D eigenvalue weighted by Crippen LogP contribution is -2.54. The summed E-state index contributed by atoms with van der Waals surface area (Å²) in [7, 11) is 0. The molecular formula is C25H32F2N4O2. The maximum atomic E-state index is 14.0. The van der Waals surface area contributed by atoms with Gasteiger partial charge < -0.3 is 16.2 Å². The highest BCUT2D eigenvalue weighted by Gasteiger charge is 2.53. The number of pyridine rings is 1. The number of benzene rings is 1. The molecule has 0 radical (unpaired) electrons. The van der Waals surface area contributed by atoms with Crippen molar-refractivity contribution in [3.8, 4) is 0 Å². The molecule has 2 heterocycles. The second kappa shape index (κ2) is 9.35. The van der Waals surface area contributed by atoms with E-state index >= 15 is 0 Å². The lowest BCUT2D eigenvalue weighted by molar-refractivity contribution is -0.149. The zero-order valence-electron chi connectivity index (χ0n) is 18.9. The first-order valence-electron chi connectivity index (χ1n) is 11.6. The van der Waals surface area contributed by atoms with Crippen molar-refractivity contribution in [2.24, 2.45) is 5.92 Å². The lowest BCUT2D eigenvalue weighted by atomic mass is 9.79. The van der Waals surface area contributed by atoms with Gasteiger partial charge in [0.1, 0.15) is 5.82 Å². The number of nitrogens with one attached hydrogen (secondary N) is 1. The minimum atomic E-state index is -2.85. The Morgan fingerprint density at radius 2 is 1.94 bits per heavy atom. The molecule has 2 aromatic rings. The largest absolute Gasteiger partial charge is 0.384 e. The Kier molecular flexibility index (Phi) is 6.68. The summed E-state index contributed by atoms with van der Waals surface area (Å²) in [5.74, 6) is -3.76. The van der Waals surface area contributed by atoms with Crippen LogP contribution in [-0.4, -0.2) is 46.0 Å². The number of nitrogen functional groups attached to an aromatic ring is 1. The van der Waals surface area contributed by atoms with Gasteiger partial charge in [-0.2, -0.15) is 0 Å². The Labute approximate surface area is 193 Å². The van der Waals surface area contributed by atoms with E-state index in [2.05, 4.69) is 15.2 Å². The molecule has 4 N–H and O–H groups in total. The highest BCUT2D eigenvalue weighted by Crippen LogP contribution is 2.47. The van der Waals surface area contributed by atoms with Crippen LogP contribution in [0.25, 0.3) is 0 Å². The van der Waals surface area contributed by atoms with Gasteiger partial charge in [0, 0.05) is 44.4 Å². The first-order chi connectivity index (χ1) is 15.7. The number of hydrogen-bond acceptors (Lipinski definition) is 5. The first kappa shape index (κ1) is 23.6. The number of halogens is 2. The van der Waals surface area contributed by atoms with Crippen LogP contribution < -0.4 is 11.1 Å². The summed E-state index contributed by atoms with van der Waals surface area (Å²) in [5.41, 5.74) is 6.23. The second-order valence-electron chi connectivity index (χ2n) is 9.51. The molecule has 33 heavy (non-hydrogen) atoms. The molecular weight excluding hydrogens is 426 g/mol. The van der Waals surface area contributed by atoms with Gasteiger partial charge in [0.2, 0.25) is 5.92 Å². The van der Waals surface area contributed by atoms with Crippen LogP contribution in [0.5, 0.6) is 0 Å². The summed E-state index contributed by atoms with van der Waals surface area (Å²) >= 11 is 0. The normalized spacial score (nSPS) is 23.2. The Morgan fingerprint density at radius 3 is 2.55 bits per heavy atom. The molecule has 0 bridgehead atoms. The number of nitrogens with two attached hydrogens (primary N) is 1. The molecule has 6 nitrogen and oxygen atoms in total. The number of amides is 1. The molecule has 0 spiro atoms. The molecule has 2 aliphatic rings. The number of carbonyl (C=O) groups excluding carboxylic acids is 1. The number of piperidine rings is 1. The average molecular weight is 459 g/mol. The minimum absolute atomic E-state index is 0.108. The van der Waals surface area contributed by atoms with Crippen LogP contribution >= 0.6 is 0 Å². The Hall–Kier alpha value is -2.58. The highest BCUT2D eigenvalue weighted by molar-refractivity contribution is 5.87. The van der Waals surface area contributed by atoms with Crippen molar-refractivity contribution >= 4 is 11.7 Å². The number of aliphatic hydroxyl groups is 1. The SMILES string of the molecule is Cc1cc(N)nc(CN2CCC(NC(=O)[C@](O)(c3ccccc3)[C@@H]3CCC(F)(F)C3)CC2)c1. The van der Waals surface area contributed by atoms with E-state index in [1.807, 2.05) is 19.1 Å². The van der Waals surface area contributed by atoms with Crippen LogP contribution in [-0.2, 0) is 16.9 Å². The van der Waals surface area contributed by atoms with Crippen molar-refractivity contribution in [1.82, 2.24) is 15.2 Å². The van der Waals surface area contributed by atoms with E-state index in [4.69, 9.17) is 5.73 Å². The van der Waals surface area contributed by atoms with E-state index in [0.717, 1.165) is 24.3 Å². The maximum absolute atomic E-state index is 14.0. The van der Waals surface area contributed by atoms with Crippen molar-refractivity contribution < 1.29 is 18.7 Å². The highest BCUT2D eigenvalue weighted by atomic mass is 19.3. The second-order valence-corrected chi connectivity index (χ2v) is 9.51. The van der Waals surface area contributed by atoms with Crippen molar-refractivity contribution in [2.45, 2.75) is 63.1 Å². The number of anilines is 1. The number of carbonyl (C=O) groups is 1. The van der Waals surface area contributed by atoms with Gasteiger partial charge in [-0.15, -0.1) is 0 Å². The van der Waals surface area contributed by atoms with Gasteiger partial charge in [0.15, 0.2) is 5.60 Å². The first-order valence-corrected chi connectivity index (χ1v) is 11.6. The van der Waals surface area contributed by atoms with E-state index in [1.165, 1.54) is 0 Å². The zero-order valence-corrected chi connectivity index (χ0v) is 18.9. The number of aromatic nitrogens is 1. The summed E-state index contributed by atoms with van der Waals surface area (Å²) in [6, 6.07) is 12.2. The molecule has 1 aromatic carbocycles. The summed E-state index contributed by atoms with van der Waals surface area (Å²) in [6.07, 6.45) is 0.723. The Bertz CT molecular complexity index is 959. The van der Waals surface area contributed by atoms with Crippen LogP contribution in [0, 0.1) is 12.8 Å². The summed E-state index contributed by atoms with van der Waals surface area (Å²) in [4.78, 5) is 20.0. The molecule has 0 unspecified atom stereocenters. The van der Waals surface area contributed by atoms with E-state index in [9.17, 15) is 18.7 Å². The fraction of sp³-hybridized carbons (Fsp3) is 0.520.